The summed E-state index contributed by atoms with van der Waals surface area (Å²) in [6.07, 6.45) is 4.20. The number of hydrogen-bond donors (Lipinski definition) is 0. The largest absolute Gasteiger partial charge is 0.444 e. The molecular weight excluding hydrogens is 216 g/mol. The highest BCUT2D eigenvalue weighted by Crippen LogP contribution is 2.24. The average molecular weight is 238 g/mol. The van der Waals surface area contributed by atoms with Crippen LogP contribution in [-0.2, 0) is 4.74 Å². The molecule has 1 fully saturated rings. The molecule has 4 heteroatoms. The Labute approximate surface area is 104 Å². The van der Waals surface area contributed by atoms with Crippen molar-refractivity contribution in [3.63, 3.8) is 0 Å². The van der Waals surface area contributed by atoms with E-state index in [1.54, 1.807) is 0 Å². The van der Waals surface area contributed by atoms with Crippen LogP contribution < -0.4 is 0 Å². The second kappa shape index (κ2) is 5.90. The molecule has 0 aromatic rings. The van der Waals surface area contributed by atoms with E-state index >= 15 is 0 Å². The molecule has 1 heterocycles. The van der Waals surface area contributed by atoms with Gasteiger partial charge in [-0.2, -0.15) is 5.26 Å². The number of carbonyl (C=O) groups is 1. The molecule has 1 saturated heterocycles. The molecule has 0 saturated carbocycles. The first-order valence-electron chi connectivity index (χ1n) is 6.30. The van der Waals surface area contributed by atoms with Crippen molar-refractivity contribution in [2.75, 3.05) is 6.54 Å². The van der Waals surface area contributed by atoms with Crippen molar-refractivity contribution in [1.29, 1.82) is 5.26 Å². The van der Waals surface area contributed by atoms with Crippen molar-refractivity contribution < 1.29 is 9.53 Å². The van der Waals surface area contributed by atoms with Crippen molar-refractivity contribution in [3.8, 4) is 6.07 Å². The highest BCUT2D eigenvalue weighted by molar-refractivity contribution is 5.68. The van der Waals surface area contributed by atoms with E-state index in [-0.39, 0.29) is 12.1 Å². The first-order valence-corrected chi connectivity index (χ1v) is 6.30. The van der Waals surface area contributed by atoms with Crippen LogP contribution in [0.2, 0.25) is 0 Å². The quantitative estimate of drug-likeness (QED) is 0.710. The van der Waals surface area contributed by atoms with E-state index in [4.69, 9.17) is 10.00 Å². The molecule has 0 aromatic heterocycles. The SMILES string of the molecule is CC(C)(C)OC(=O)N1CCC[C@@H]1CCCC#N. The highest BCUT2D eigenvalue weighted by Gasteiger charge is 2.31. The standard InChI is InChI=1S/C13H22N2O2/c1-13(2,3)17-12(16)15-10-6-8-11(15)7-4-5-9-14/h11H,4-8,10H2,1-3H3/t11-/m0/s1. The third-order valence-corrected chi connectivity index (χ3v) is 2.83. The molecule has 1 amide bonds. The van der Waals surface area contributed by atoms with Gasteiger partial charge in [-0.1, -0.05) is 0 Å². The molecule has 17 heavy (non-hydrogen) atoms. The molecule has 1 aliphatic rings. The van der Waals surface area contributed by atoms with E-state index in [1.165, 1.54) is 0 Å². The zero-order valence-electron chi connectivity index (χ0n) is 11.0. The van der Waals surface area contributed by atoms with Gasteiger partial charge in [0.05, 0.1) is 6.07 Å². The van der Waals surface area contributed by atoms with Crippen LogP contribution in [0, 0.1) is 11.3 Å². The highest BCUT2D eigenvalue weighted by atomic mass is 16.6. The van der Waals surface area contributed by atoms with Gasteiger partial charge in [-0.3, -0.25) is 0 Å². The van der Waals surface area contributed by atoms with Crippen molar-refractivity contribution in [3.05, 3.63) is 0 Å². The van der Waals surface area contributed by atoms with Crippen LogP contribution in [0.25, 0.3) is 0 Å². The van der Waals surface area contributed by atoms with Gasteiger partial charge < -0.3 is 9.64 Å². The Morgan fingerprint density at radius 3 is 2.82 bits per heavy atom. The topological polar surface area (TPSA) is 53.3 Å². The lowest BCUT2D eigenvalue weighted by Gasteiger charge is -2.28. The Bertz CT molecular complexity index is 302. The predicted molar refractivity (Wildman–Crippen MR) is 65.4 cm³/mol. The first kappa shape index (κ1) is 13.8. The Morgan fingerprint density at radius 2 is 2.24 bits per heavy atom. The number of ether oxygens (including phenoxy) is 1. The lowest BCUT2D eigenvalue weighted by Crippen LogP contribution is -2.39. The molecular formula is C13H22N2O2. The molecule has 0 bridgehead atoms. The van der Waals surface area contributed by atoms with E-state index in [0.29, 0.717) is 6.42 Å². The van der Waals surface area contributed by atoms with Crippen LogP contribution in [0.3, 0.4) is 0 Å². The van der Waals surface area contributed by atoms with Gasteiger partial charge in [0.1, 0.15) is 5.60 Å². The molecule has 1 atom stereocenters. The van der Waals surface area contributed by atoms with Crippen molar-refractivity contribution in [1.82, 2.24) is 4.90 Å². The predicted octanol–water partition coefficient (Wildman–Crippen LogP) is 3.08. The summed E-state index contributed by atoms with van der Waals surface area (Å²) in [7, 11) is 0. The molecule has 4 nitrogen and oxygen atoms in total. The van der Waals surface area contributed by atoms with Gasteiger partial charge in [-0.05, 0) is 46.5 Å². The van der Waals surface area contributed by atoms with Crippen molar-refractivity contribution in [2.45, 2.75) is 64.5 Å². The second-order valence-corrected chi connectivity index (χ2v) is 5.52. The maximum absolute atomic E-state index is 11.9. The third-order valence-electron chi connectivity index (χ3n) is 2.83. The van der Waals surface area contributed by atoms with Crippen LogP contribution in [-0.4, -0.2) is 29.2 Å². The Kier molecular flexibility index (Phi) is 4.80. The molecule has 0 aromatic carbocycles. The third kappa shape index (κ3) is 4.64. The second-order valence-electron chi connectivity index (χ2n) is 5.52. The normalized spacial score (nSPS) is 20.1. The molecule has 0 unspecified atom stereocenters. The summed E-state index contributed by atoms with van der Waals surface area (Å²) in [6.45, 7) is 6.43. The van der Waals surface area contributed by atoms with E-state index in [9.17, 15) is 4.79 Å². The molecule has 0 radical (unpaired) electrons. The molecule has 96 valence electrons. The van der Waals surface area contributed by atoms with E-state index < -0.39 is 5.60 Å². The Hall–Kier alpha value is -1.24. The monoisotopic (exact) mass is 238 g/mol. The number of amides is 1. The summed E-state index contributed by atoms with van der Waals surface area (Å²) < 4.78 is 5.38. The number of hydrogen-bond acceptors (Lipinski definition) is 3. The van der Waals surface area contributed by atoms with Crippen LogP contribution in [0.15, 0.2) is 0 Å². The van der Waals surface area contributed by atoms with Crippen LogP contribution in [0.4, 0.5) is 4.79 Å². The van der Waals surface area contributed by atoms with E-state index in [2.05, 4.69) is 6.07 Å². The van der Waals surface area contributed by atoms with Crippen molar-refractivity contribution in [2.24, 2.45) is 0 Å². The van der Waals surface area contributed by atoms with Crippen molar-refractivity contribution >= 4 is 6.09 Å². The van der Waals surface area contributed by atoms with Gasteiger partial charge in [0, 0.05) is 19.0 Å². The van der Waals surface area contributed by atoms with Crippen LogP contribution in [0.1, 0.15) is 52.9 Å². The van der Waals surface area contributed by atoms with Crippen LogP contribution in [0.5, 0.6) is 0 Å². The van der Waals surface area contributed by atoms with Gasteiger partial charge >= 0.3 is 6.09 Å². The summed E-state index contributed by atoms with van der Waals surface area (Å²) in [5.74, 6) is 0. The zero-order chi connectivity index (χ0) is 12.9. The Balaban J connectivity index is 2.46. The number of unbranched alkanes of at least 4 members (excludes halogenated alkanes) is 1. The number of nitriles is 1. The maximum atomic E-state index is 11.9. The summed E-state index contributed by atoms with van der Waals surface area (Å²) in [4.78, 5) is 13.8. The molecule has 0 aliphatic carbocycles. The lowest BCUT2D eigenvalue weighted by atomic mass is 10.1. The Morgan fingerprint density at radius 1 is 1.53 bits per heavy atom. The van der Waals surface area contributed by atoms with Gasteiger partial charge in [0.15, 0.2) is 0 Å². The minimum Gasteiger partial charge on any atom is -0.444 e. The van der Waals surface area contributed by atoms with E-state index in [0.717, 1.165) is 32.2 Å². The fourth-order valence-electron chi connectivity index (χ4n) is 2.11. The minimum atomic E-state index is -0.434. The van der Waals surface area contributed by atoms with E-state index in [1.807, 2.05) is 25.7 Å². The first-order chi connectivity index (χ1) is 7.94. The van der Waals surface area contributed by atoms with Gasteiger partial charge in [-0.15, -0.1) is 0 Å². The number of likely N-dealkylation sites (tertiary alicyclic amines) is 1. The fraction of sp³-hybridized carbons (Fsp3) is 0.846. The molecule has 0 N–H and O–H groups in total. The zero-order valence-corrected chi connectivity index (χ0v) is 11.0. The molecule has 1 rings (SSSR count). The summed E-state index contributed by atoms with van der Waals surface area (Å²) in [5.41, 5.74) is -0.434. The van der Waals surface area contributed by atoms with Gasteiger partial charge in [-0.25, -0.2) is 4.79 Å². The molecule has 1 aliphatic heterocycles. The average Bonchev–Trinajstić information content (AvgIpc) is 2.64. The number of nitrogens with zero attached hydrogens (tertiary/aromatic N) is 2. The summed E-state index contributed by atoms with van der Waals surface area (Å²) >= 11 is 0. The summed E-state index contributed by atoms with van der Waals surface area (Å²) in [6, 6.07) is 2.40. The minimum absolute atomic E-state index is 0.211. The smallest absolute Gasteiger partial charge is 0.410 e. The van der Waals surface area contributed by atoms with Gasteiger partial charge in [0.2, 0.25) is 0 Å². The lowest BCUT2D eigenvalue weighted by molar-refractivity contribution is 0.0219. The fourth-order valence-corrected chi connectivity index (χ4v) is 2.11. The molecule has 0 spiro atoms. The maximum Gasteiger partial charge on any atom is 0.410 e. The number of carbonyl (C=O) groups excluding carboxylic acids is 1. The van der Waals surface area contributed by atoms with Crippen LogP contribution >= 0.6 is 0 Å². The van der Waals surface area contributed by atoms with Gasteiger partial charge in [0.25, 0.3) is 0 Å². The summed E-state index contributed by atoms with van der Waals surface area (Å²) in [5, 5.41) is 8.51. The number of rotatable bonds is 3.